The van der Waals surface area contributed by atoms with Gasteiger partial charge < -0.3 is 40.8 Å². The van der Waals surface area contributed by atoms with E-state index in [1.54, 1.807) is 45.0 Å². The number of esters is 1. The lowest BCUT2D eigenvalue weighted by atomic mass is 10.0. The number of carbonyl (C=O) groups excluding carboxylic acids is 6. The van der Waals surface area contributed by atoms with Gasteiger partial charge >= 0.3 is 18.2 Å². The number of methoxy groups -OCH3 is 1. The molecule has 55 heavy (non-hydrogen) atoms. The highest BCUT2D eigenvalue weighted by Crippen LogP contribution is 2.11. The molecule has 0 saturated carbocycles. The van der Waals surface area contributed by atoms with Gasteiger partial charge in [0.25, 0.3) is 0 Å². The number of rotatable bonds is 19. The number of alkyl carbamates (subject to hydrolysis) is 2. The highest BCUT2D eigenvalue weighted by atomic mass is 16.6. The molecule has 5 N–H and O–H groups in total. The molecule has 0 aliphatic carbocycles. The molecule has 14 nitrogen and oxygen atoms in total. The summed E-state index contributed by atoms with van der Waals surface area (Å²) in [6.07, 6.45) is -0.105. The van der Waals surface area contributed by atoms with Crippen LogP contribution in [0.4, 0.5) is 9.59 Å². The van der Waals surface area contributed by atoms with Crippen LogP contribution in [0.3, 0.4) is 0 Å². The molecule has 296 valence electrons. The monoisotopic (exact) mass is 759 g/mol. The SMILES string of the molecule is COC(=O)[C@H](Cc1ccccc1)NC(=O)[C@@H](Cc1ccccc1)NC(=O)[C@@H](C)NC(=O)[C@@H](CCCCNC(=O)OCc1ccccc1)NC(=O)OC(C)(C)C. The van der Waals surface area contributed by atoms with Gasteiger partial charge in [-0.2, -0.15) is 0 Å². The predicted molar refractivity (Wildman–Crippen MR) is 205 cm³/mol. The van der Waals surface area contributed by atoms with Crippen LogP contribution < -0.4 is 26.6 Å². The number of unbranched alkanes of at least 4 members (excludes halogenated alkanes) is 1. The van der Waals surface area contributed by atoms with Crippen molar-refractivity contribution in [3.05, 3.63) is 108 Å². The molecule has 14 heteroatoms. The van der Waals surface area contributed by atoms with Gasteiger partial charge in [0.1, 0.15) is 36.4 Å². The molecule has 0 radical (unpaired) electrons. The summed E-state index contributed by atoms with van der Waals surface area (Å²) in [6, 6.07) is 23.0. The second-order valence-corrected chi connectivity index (χ2v) is 13.9. The third kappa shape index (κ3) is 16.7. The van der Waals surface area contributed by atoms with Crippen LogP contribution in [0.15, 0.2) is 91.0 Å². The number of carbonyl (C=O) groups is 6. The Morgan fingerprint density at radius 2 is 1.11 bits per heavy atom. The quantitative estimate of drug-likeness (QED) is 0.0681. The number of hydrogen-bond acceptors (Lipinski definition) is 9. The van der Waals surface area contributed by atoms with Crippen molar-refractivity contribution in [1.29, 1.82) is 0 Å². The van der Waals surface area contributed by atoms with E-state index in [0.717, 1.165) is 16.7 Å². The maximum absolute atomic E-state index is 13.7. The molecular weight excluding hydrogens is 706 g/mol. The average Bonchev–Trinajstić information content (AvgIpc) is 3.16. The van der Waals surface area contributed by atoms with Crippen LogP contribution in [0.1, 0.15) is 63.6 Å². The van der Waals surface area contributed by atoms with Crippen molar-refractivity contribution in [2.24, 2.45) is 0 Å². The van der Waals surface area contributed by atoms with E-state index in [0.29, 0.717) is 12.8 Å². The first-order valence-electron chi connectivity index (χ1n) is 18.2. The van der Waals surface area contributed by atoms with E-state index in [4.69, 9.17) is 14.2 Å². The Labute approximate surface area is 322 Å². The molecule has 0 fully saturated rings. The van der Waals surface area contributed by atoms with Crippen LogP contribution in [-0.4, -0.2) is 79.3 Å². The molecule has 4 atom stereocenters. The lowest BCUT2D eigenvalue weighted by molar-refractivity contribution is -0.145. The van der Waals surface area contributed by atoms with Crippen molar-refractivity contribution in [3.63, 3.8) is 0 Å². The Hall–Kier alpha value is -5.92. The molecular formula is C41H53N5O9. The van der Waals surface area contributed by atoms with Gasteiger partial charge in [0.15, 0.2) is 0 Å². The number of amides is 5. The van der Waals surface area contributed by atoms with E-state index >= 15 is 0 Å². The fourth-order valence-corrected chi connectivity index (χ4v) is 5.35. The molecule has 0 aromatic heterocycles. The van der Waals surface area contributed by atoms with Gasteiger partial charge in [-0.1, -0.05) is 91.0 Å². The Balaban J connectivity index is 1.64. The second-order valence-electron chi connectivity index (χ2n) is 13.9. The van der Waals surface area contributed by atoms with E-state index in [9.17, 15) is 28.8 Å². The molecule has 5 amide bonds. The third-order valence-corrected chi connectivity index (χ3v) is 8.16. The highest BCUT2D eigenvalue weighted by molar-refractivity contribution is 5.94. The van der Waals surface area contributed by atoms with Crippen LogP contribution in [0.5, 0.6) is 0 Å². The zero-order valence-corrected chi connectivity index (χ0v) is 32.1. The summed E-state index contributed by atoms with van der Waals surface area (Å²) in [5.74, 6) is -2.59. The van der Waals surface area contributed by atoms with E-state index in [-0.39, 0.29) is 32.4 Å². The maximum Gasteiger partial charge on any atom is 0.408 e. The zero-order chi connectivity index (χ0) is 40.2. The average molecular weight is 760 g/mol. The first-order chi connectivity index (χ1) is 26.2. The summed E-state index contributed by atoms with van der Waals surface area (Å²) >= 11 is 0. The Morgan fingerprint density at radius 3 is 1.65 bits per heavy atom. The standard InChI is InChI=1S/C41H53N5O9/c1-28(35(47)44-33(25-29-17-9-6-10-18-29)37(49)45-34(38(50)53-5)26-30-19-11-7-12-20-30)43-36(48)32(46-40(52)55-41(2,3)4)23-15-16-24-42-39(51)54-27-31-21-13-8-14-22-31/h6-14,17-22,28,32-34H,15-16,23-27H2,1-5H3,(H,42,51)(H,43,48)(H,44,47)(H,45,49)(H,46,52)/t28-,32-,33-,34+/m1/s1. The lowest BCUT2D eigenvalue weighted by Gasteiger charge is -2.26. The van der Waals surface area contributed by atoms with Gasteiger partial charge in [0.2, 0.25) is 17.7 Å². The van der Waals surface area contributed by atoms with Crippen LogP contribution in [0.25, 0.3) is 0 Å². The first kappa shape index (κ1) is 43.5. The minimum Gasteiger partial charge on any atom is -0.467 e. The van der Waals surface area contributed by atoms with Crippen LogP contribution in [-0.2, 0) is 52.8 Å². The fourth-order valence-electron chi connectivity index (χ4n) is 5.35. The highest BCUT2D eigenvalue weighted by Gasteiger charge is 2.31. The minimum absolute atomic E-state index is 0.0922. The molecule has 0 bridgehead atoms. The van der Waals surface area contributed by atoms with E-state index in [1.807, 2.05) is 66.7 Å². The largest absolute Gasteiger partial charge is 0.467 e. The summed E-state index contributed by atoms with van der Waals surface area (Å²) in [7, 11) is 1.23. The van der Waals surface area contributed by atoms with Crippen LogP contribution in [0, 0.1) is 0 Å². The van der Waals surface area contributed by atoms with Gasteiger partial charge in [-0.25, -0.2) is 14.4 Å². The molecule has 0 unspecified atom stereocenters. The molecule has 3 aromatic carbocycles. The van der Waals surface area contributed by atoms with E-state index < -0.39 is 65.6 Å². The van der Waals surface area contributed by atoms with E-state index in [1.165, 1.54) is 14.0 Å². The van der Waals surface area contributed by atoms with Crippen molar-refractivity contribution in [2.45, 2.75) is 96.2 Å². The van der Waals surface area contributed by atoms with Crippen LogP contribution >= 0.6 is 0 Å². The molecule has 0 aliphatic rings. The summed E-state index contributed by atoms with van der Waals surface area (Å²) in [5.41, 5.74) is 1.57. The zero-order valence-electron chi connectivity index (χ0n) is 32.1. The fraction of sp³-hybridized carbons (Fsp3) is 0.415. The van der Waals surface area contributed by atoms with Gasteiger partial charge in [-0.15, -0.1) is 0 Å². The smallest absolute Gasteiger partial charge is 0.408 e. The number of hydrogen-bond donors (Lipinski definition) is 5. The van der Waals surface area contributed by atoms with Gasteiger partial charge in [-0.3, -0.25) is 14.4 Å². The van der Waals surface area contributed by atoms with Crippen molar-refractivity contribution >= 4 is 35.9 Å². The van der Waals surface area contributed by atoms with Gasteiger partial charge in [-0.05, 0) is 63.6 Å². The minimum atomic E-state index is -1.14. The predicted octanol–water partition coefficient (Wildman–Crippen LogP) is 4.11. The summed E-state index contributed by atoms with van der Waals surface area (Å²) in [5, 5.41) is 13.3. The first-order valence-corrected chi connectivity index (χ1v) is 18.2. The Morgan fingerprint density at radius 1 is 0.600 bits per heavy atom. The molecule has 3 rings (SSSR count). The summed E-state index contributed by atoms with van der Waals surface area (Å²) in [6.45, 7) is 6.91. The normalized spacial score (nSPS) is 13.1. The van der Waals surface area contributed by atoms with Crippen molar-refractivity contribution in [1.82, 2.24) is 26.6 Å². The maximum atomic E-state index is 13.7. The molecule has 0 aliphatic heterocycles. The number of benzene rings is 3. The second kappa shape index (κ2) is 22.3. The summed E-state index contributed by atoms with van der Waals surface area (Å²) in [4.78, 5) is 78.2. The van der Waals surface area contributed by atoms with Crippen LogP contribution in [0.2, 0.25) is 0 Å². The molecule has 0 heterocycles. The van der Waals surface area contributed by atoms with Gasteiger partial charge in [0, 0.05) is 19.4 Å². The molecule has 0 saturated heterocycles. The number of nitrogens with one attached hydrogen (secondary N) is 5. The van der Waals surface area contributed by atoms with Crippen molar-refractivity contribution in [3.8, 4) is 0 Å². The topological polar surface area (TPSA) is 190 Å². The lowest BCUT2D eigenvalue weighted by Crippen LogP contribution is -2.57. The Bertz CT molecular complexity index is 1680. The number of ether oxygens (including phenoxy) is 3. The van der Waals surface area contributed by atoms with Crippen molar-refractivity contribution < 1.29 is 43.0 Å². The molecule has 0 spiro atoms. The Kier molecular flexibility index (Phi) is 17.7. The third-order valence-electron chi connectivity index (χ3n) is 8.16. The summed E-state index contributed by atoms with van der Waals surface area (Å²) < 4.78 is 15.5. The molecule has 3 aromatic rings. The van der Waals surface area contributed by atoms with E-state index in [2.05, 4.69) is 26.6 Å². The van der Waals surface area contributed by atoms with Gasteiger partial charge in [0.05, 0.1) is 7.11 Å². The van der Waals surface area contributed by atoms with Crippen molar-refractivity contribution in [2.75, 3.05) is 13.7 Å².